The zero-order chi connectivity index (χ0) is 10.3. The van der Waals surface area contributed by atoms with Gasteiger partial charge in [0.1, 0.15) is 0 Å². The SMILES string of the molecule is Cc1cc(C)c2c(Cl)cc(C)nc2n1. The Bertz CT molecular complexity index is 463. The summed E-state index contributed by atoms with van der Waals surface area (Å²) in [5.74, 6) is 0. The summed E-state index contributed by atoms with van der Waals surface area (Å²) in [4.78, 5) is 8.73. The fourth-order valence-electron chi connectivity index (χ4n) is 1.65. The number of hydrogen-bond donors (Lipinski definition) is 0. The molecule has 0 fully saturated rings. The van der Waals surface area contributed by atoms with E-state index in [0.29, 0.717) is 0 Å². The molecule has 2 rings (SSSR count). The van der Waals surface area contributed by atoms with Crippen molar-refractivity contribution in [2.45, 2.75) is 20.8 Å². The van der Waals surface area contributed by atoms with Crippen molar-refractivity contribution in [3.05, 3.63) is 34.1 Å². The van der Waals surface area contributed by atoms with Crippen LogP contribution in [-0.2, 0) is 0 Å². The van der Waals surface area contributed by atoms with E-state index in [4.69, 9.17) is 11.6 Å². The molecule has 2 aromatic heterocycles. The third kappa shape index (κ3) is 1.46. The molecule has 0 N–H and O–H groups in total. The smallest absolute Gasteiger partial charge is 0.161 e. The normalized spacial score (nSPS) is 10.9. The molecule has 2 aromatic rings. The summed E-state index contributed by atoms with van der Waals surface area (Å²) in [6.45, 7) is 5.91. The molecule has 0 atom stereocenters. The first-order valence-corrected chi connectivity index (χ1v) is 4.87. The fourth-order valence-corrected chi connectivity index (χ4v) is 2.04. The van der Waals surface area contributed by atoms with Gasteiger partial charge in [0.2, 0.25) is 0 Å². The lowest BCUT2D eigenvalue weighted by Crippen LogP contribution is -1.93. The Morgan fingerprint density at radius 3 is 2.21 bits per heavy atom. The predicted molar refractivity (Wildman–Crippen MR) is 58.8 cm³/mol. The molecule has 0 saturated heterocycles. The molecule has 0 spiro atoms. The topological polar surface area (TPSA) is 25.8 Å². The van der Waals surface area contributed by atoms with Crippen LogP contribution >= 0.6 is 11.6 Å². The van der Waals surface area contributed by atoms with E-state index in [9.17, 15) is 0 Å². The van der Waals surface area contributed by atoms with Gasteiger partial charge in [0.25, 0.3) is 0 Å². The largest absolute Gasteiger partial charge is 0.233 e. The van der Waals surface area contributed by atoms with Crippen LogP contribution < -0.4 is 0 Å². The standard InChI is InChI=1S/C11H11ClN2/c1-6-4-7(2)13-11-10(6)9(12)5-8(3)14-11/h4-5H,1-3H3. The van der Waals surface area contributed by atoms with Crippen LogP contribution in [0.2, 0.25) is 5.02 Å². The monoisotopic (exact) mass is 206 g/mol. The molecule has 2 heterocycles. The molecule has 3 heteroatoms. The zero-order valence-electron chi connectivity index (χ0n) is 8.43. The minimum absolute atomic E-state index is 0.734. The lowest BCUT2D eigenvalue weighted by atomic mass is 10.1. The van der Waals surface area contributed by atoms with Crippen LogP contribution in [0, 0.1) is 20.8 Å². The number of nitrogens with zero attached hydrogens (tertiary/aromatic N) is 2. The highest BCUT2D eigenvalue weighted by Crippen LogP contribution is 2.25. The molecule has 0 aliphatic rings. The van der Waals surface area contributed by atoms with Gasteiger partial charge in [-0.25, -0.2) is 9.97 Å². The first-order chi connectivity index (χ1) is 6.58. The third-order valence-electron chi connectivity index (χ3n) is 2.18. The van der Waals surface area contributed by atoms with Gasteiger partial charge < -0.3 is 0 Å². The number of aryl methyl sites for hydroxylation is 3. The lowest BCUT2D eigenvalue weighted by Gasteiger charge is -2.05. The quantitative estimate of drug-likeness (QED) is 0.662. The molecule has 0 amide bonds. The molecule has 0 bridgehead atoms. The number of rotatable bonds is 0. The molecular formula is C11H11ClN2. The first kappa shape index (κ1) is 9.41. The molecule has 0 saturated carbocycles. The summed E-state index contributed by atoms with van der Waals surface area (Å²) in [7, 11) is 0. The van der Waals surface area contributed by atoms with Crippen molar-refractivity contribution in [2.24, 2.45) is 0 Å². The maximum Gasteiger partial charge on any atom is 0.161 e. The van der Waals surface area contributed by atoms with E-state index in [1.54, 1.807) is 0 Å². The minimum Gasteiger partial charge on any atom is -0.233 e. The summed E-state index contributed by atoms with van der Waals surface area (Å²) < 4.78 is 0. The van der Waals surface area contributed by atoms with Crippen LogP contribution in [0.4, 0.5) is 0 Å². The molecule has 0 aliphatic heterocycles. The maximum atomic E-state index is 6.14. The average molecular weight is 207 g/mol. The van der Waals surface area contributed by atoms with E-state index in [1.165, 1.54) is 0 Å². The molecule has 0 radical (unpaired) electrons. The Labute approximate surface area is 88.0 Å². The van der Waals surface area contributed by atoms with Gasteiger partial charge in [-0.1, -0.05) is 11.6 Å². The van der Waals surface area contributed by atoms with Crippen molar-refractivity contribution in [1.82, 2.24) is 9.97 Å². The molecule has 2 nitrogen and oxygen atoms in total. The van der Waals surface area contributed by atoms with Crippen molar-refractivity contribution in [3.63, 3.8) is 0 Å². The van der Waals surface area contributed by atoms with Crippen LogP contribution in [0.5, 0.6) is 0 Å². The van der Waals surface area contributed by atoms with Crippen molar-refractivity contribution >= 4 is 22.6 Å². The third-order valence-corrected chi connectivity index (χ3v) is 2.48. The van der Waals surface area contributed by atoms with Gasteiger partial charge in [-0.3, -0.25) is 0 Å². The first-order valence-electron chi connectivity index (χ1n) is 4.49. The summed E-state index contributed by atoms with van der Waals surface area (Å²) in [6.07, 6.45) is 0. The summed E-state index contributed by atoms with van der Waals surface area (Å²) >= 11 is 6.14. The number of pyridine rings is 2. The van der Waals surface area contributed by atoms with Gasteiger partial charge in [-0.15, -0.1) is 0 Å². The second-order valence-electron chi connectivity index (χ2n) is 3.52. The molecular weight excluding hydrogens is 196 g/mol. The van der Waals surface area contributed by atoms with Gasteiger partial charge in [0, 0.05) is 16.8 Å². The van der Waals surface area contributed by atoms with Crippen LogP contribution in [0.25, 0.3) is 11.0 Å². The Kier molecular flexibility index (Phi) is 2.16. The lowest BCUT2D eigenvalue weighted by molar-refractivity contribution is 1.15. The highest BCUT2D eigenvalue weighted by Gasteiger charge is 2.06. The number of halogens is 1. The van der Waals surface area contributed by atoms with Crippen molar-refractivity contribution in [2.75, 3.05) is 0 Å². The Balaban J connectivity index is 2.94. The van der Waals surface area contributed by atoms with Crippen molar-refractivity contribution in [1.29, 1.82) is 0 Å². The summed E-state index contributed by atoms with van der Waals surface area (Å²) in [6, 6.07) is 3.89. The second kappa shape index (κ2) is 3.21. The van der Waals surface area contributed by atoms with Gasteiger partial charge >= 0.3 is 0 Å². The number of hydrogen-bond acceptors (Lipinski definition) is 2. The van der Waals surface area contributed by atoms with E-state index in [1.807, 2.05) is 32.9 Å². The van der Waals surface area contributed by atoms with E-state index < -0.39 is 0 Å². The summed E-state index contributed by atoms with van der Waals surface area (Å²) in [5.41, 5.74) is 3.75. The highest BCUT2D eigenvalue weighted by atomic mass is 35.5. The highest BCUT2D eigenvalue weighted by molar-refractivity contribution is 6.35. The van der Waals surface area contributed by atoms with Gasteiger partial charge in [-0.05, 0) is 38.5 Å². The van der Waals surface area contributed by atoms with Crippen molar-refractivity contribution in [3.8, 4) is 0 Å². The molecule has 0 aliphatic carbocycles. The Hall–Kier alpha value is -1.15. The summed E-state index contributed by atoms with van der Waals surface area (Å²) in [5, 5.41) is 1.69. The minimum atomic E-state index is 0.734. The number of aromatic nitrogens is 2. The molecule has 0 unspecified atom stereocenters. The van der Waals surface area contributed by atoms with E-state index >= 15 is 0 Å². The van der Waals surface area contributed by atoms with E-state index in [0.717, 1.165) is 33.0 Å². The van der Waals surface area contributed by atoms with Crippen LogP contribution in [0.15, 0.2) is 12.1 Å². The van der Waals surface area contributed by atoms with Crippen molar-refractivity contribution < 1.29 is 0 Å². The van der Waals surface area contributed by atoms with Crippen LogP contribution in [0.1, 0.15) is 17.0 Å². The fraction of sp³-hybridized carbons (Fsp3) is 0.273. The molecule has 14 heavy (non-hydrogen) atoms. The molecule has 0 aromatic carbocycles. The maximum absolute atomic E-state index is 6.14. The van der Waals surface area contributed by atoms with Crippen LogP contribution in [-0.4, -0.2) is 9.97 Å². The average Bonchev–Trinajstić information content (AvgIpc) is 1.99. The Morgan fingerprint density at radius 2 is 1.57 bits per heavy atom. The van der Waals surface area contributed by atoms with Gasteiger partial charge in [0.05, 0.1) is 5.02 Å². The second-order valence-corrected chi connectivity index (χ2v) is 3.93. The van der Waals surface area contributed by atoms with Gasteiger partial charge in [0.15, 0.2) is 5.65 Å². The van der Waals surface area contributed by atoms with Gasteiger partial charge in [-0.2, -0.15) is 0 Å². The van der Waals surface area contributed by atoms with E-state index in [-0.39, 0.29) is 0 Å². The number of fused-ring (bicyclic) bond motifs is 1. The van der Waals surface area contributed by atoms with Crippen LogP contribution in [0.3, 0.4) is 0 Å². The molecule has 72 valence electrons. The Morgan fingerprint density at radius 1 is 1.00 bits per heavy atom. The van der Waals surface area contributed by atoms with E-state index in [2.05, 4.69) is 9.97 Å². The predicted octanol–water partition coefficient (Wildman–Crippen LogP) is 3.21. The zero-order valence-corrected chi connectivity index (χ0v) is 9.18.